The maximum absolute atomic E-state index is 11.5. The number of carbonyl (C=O) groups excluding carboxylic acids is 1. The minimum absolute atomic E-state index is 0.0938. The zero-order chi connectivity index (χ0) is 12.4. The number of nitrogens with zero attached hydrogens (tertiary/aromatic N) is 2. The maximum Gasteiger partial charge on any atom is 0.239 e. The van der Waals surface area contributed by atoms with Gasteiger partial charge in [0.25, 0.3) is 0 Å². The molecule has 1 saturated heterocycles. The second-order valence-corrected chi connectivity index (χ2v) is 5.18. The van der Waals surface area contributed by atoms with Gasteiger partial charge < -0.3 is 0 Å². The van der Waals surface area contributed by atoms with Crippen LogP contribution in [0.1, 0.15) is 6.92 Å². The average Bonchev–Trinajstić information content (AvgIpc) is 2.64. The molecule has 0 radical (unpaired) electrons. The van der Waals surface area contributed by atoms with E-state index in [-0.39, 0.29) is 5.91 Å². The topological polar surface area (TPSA) is 32.7 Å². The quantitative estimate of drug-likeness (QED) is 0.833. The Bertz CT molecular complexity index is 490. The Hall–Kier alpha value is -0.710. The first-order chi connectivity index (χ1) is 8.11. The third kappa shape index (κ3) is 2.76. The molecule has 6 heteroatoms. The largest absolute Gasteiger partial charge is 0.291 e. The number of carbonyl (C=O) groups is 1. The molecule has 1 fully saturated rings. The molecule has 3 nitrogen and oxygen atoms in total. The molecule has 90 valence electrons. The molecule has 17 heavy (non-hydrogen) atoms. The van der Waals surface area contributed by atoms with Gasteiger partial charge >= 0.3 is 0 Å². The van der Waals surface area contributed by atoms with E-state index in [0.29, 0.717) is 28.0 Å². The monoisotopic (exact) mass is 288 g/mol. The van der Waals surface area contributed by atoms with Gasteiger partial charge in [-0.3, -0.25) is 9.69 Å². The van der Waals surface area contributed by atoms with Gasteiger partial charge in [0.1, 0.15) is 0 Å². The summed E-state index contributed by atoms with van der Waals surface area (Å²) in [6.07, 6.45) is 0. The average molecular weight is 289 g/mol. The first-order valence-electron chi connectivity index (χ1n) is 5.08. The van der Waals surface area contributed by atoms with Crippen LogP contribution in [0, 0.1) is 0 Å². The summed E-state index contributed by atoms with van der Waals surface area (Å²) in [5.74, 6) is 0.546. The zero-order valence-corrected chi connectivity index (χ0v) is 11.4. The van der Waals surface area contributed by atoms with Gasteiger partial charge in [0.05, 0.1) is 21.5 Å². The molecule has 0 N–H and O–H groups in total. The first-order valence-corrected chi connectivity index (χ1v) is 6.83. The lowest BCUT2D eigenvalue weighted by atomic mass is 10.3. The van der Waals surface area contributed by atoms with Crippen molar-refractivity contribution in [3.63, 3.8) is 0 Å². The number of benzene rings is 1. The van der Waals surface area contributed by atoms with Crippen LogP contribution in [-0.4, -0.2) is 28.3 Å². The zero-order valence-electron chi connectivity index (χ0n) is 9.11. The highest BCUT2D eigenvalue weighted by atomic mass is 35.5. The number of hydrogen-bond donors (Lipinski definition) is 0. The van der Waals surface area contributed by atoms with Crippen molar-refractivity contribution in [1.82, 2.24) is 4.90 Å². The summed E-state index contributed by atoms with van der Waals surface area (Å²) < 4.78 is 0. The van der Waals surface area contributed by atoms with Crippen molar-refractivity contribution in [3.05, 3.63) is 28.2 Å². The summed E-state index contributed by atoms with van der Waals surface area (Å²) in [7, 11) is 0. The summed E-state index contributed by atoms with van der Waals surface area (Å²) >= 11 is 13.2. The number of amides is 1. The van der Waals surface area contributed by atoms with Crippen molar-refractivity contribution < 1.29 is 4.79 Å². The molecule has 2 rings (SSSR count). The van der Waals surface area contributed by atoms with Crippen molar-refractivity contribution in [1.29, 1.82) is 0 Å². The van der Waals surface area contributed by atoms with Crippen molar-refractivity contribution >= 4 is 51.7 Å². The fourth-order valence-electron chi connectivity index (χ4n) is 1.46. The molecule has 1 aromatic carbocycles. The predicted molar refractivity (Wildman–Crippen MR) is 73.4 cm³/mol. The van der Waals surface area contributed by atoms with Crippen LogP contribution in [0.25, 0.3) is 0 Å². The van der Waals surface area contributed by atoms with Gasteiger partial charge in [-0.05, 0) is 25.1 Å². The summed E-state index contributed by atoms with van der Waals surface area (Å²) in [5.41, 5.74) is 0.704. The van der Waals surface area contributed by atoms with Crippen molar-refractivity contribution in [3.8, 4) is 0 Å². The molecule has 1 heterocycles. The molecule has 1 aromatic rings. The van der Waals surface area contributed by atoms with Crippen LogP contribution >= 0.6 is 35.0 Å². The highest BCUT2D eigenvalue weighted by Crippen LogP contribution is 2.29. The maximum atomic E-state index is 11.5. The van der Waals surface area contributed by atoms with E-state index in [1.807, 2.05) is 6.92 Å². The van der Waals surface area contributed by atoms with Crippen LogP contribution in [-0.2, 0) is 4.79 Å². The summed E-state index contributed by atoms with van der Waals surface area (Å²) in [6.45, 7) is 2.56. The molecule has 0 aromatic heterocycles. The van der Waals surface area contributed by atoms with E-state index in [1.165, 1.54) is 11.8 Å². The molecule has 1 amide bonds. The Balaban J connectivity index is 2.29. The fourth-order valence-corrected chi connectivity index (χ4v) is 2.72. The minimum Gasteiger partial charge on any atom is -0.291 e. The minimum atomic E-state index is 0.0938. The molecular weight excluding hydrogens is 279 g/mol. The SMILES string of the molecule is CCN1C(=O)CSC1=Nc1ccc(Cl)c(Cl)c1. The first kappa shape index (κ1) is 12.7. The number of halogens is 2. The van der Waals surface area contributed by atoms with Gasteiger partial charge in [0.2, 0.25) is 5.91 Å². The van der Waals surface area contributed by atoms with Crippen LogP contribution in [0.4, 0.5) is 5.69 Å². The molecule has 1 aliphatic rings. The van der Waals surface area contributed by atoms with E-state index in [2.05, 4.69) is 4.99 Å². The Morgan fingerprint density at radius 1 is 1.41 bits per heavy atom. The predicted octanol–water partition coefficient (Wildman–Crippen LogP) is 3.58. The highest BCUT2D eigenvalue weighted by molar-refractivity contribution is 8.15. The standard InChI is InChI=1S/C11H10Cl2N2OS/c1-2-15-10(16)6-17-11(15)14-7-3-4-8(12)9(13)5-7/h3-5H,2,6H2,1H3. The summed E-state index contributed by atoms with van der Waals surface area (Å²) in [5, 5.41) is 1.68. The van der Waals surface area contributed by atoms with Crippen LogP contribution in [0.15, 0.2) is 23.2 Å². The number of amidine groups is 1. The van der Waals surface area contributed by atoms with E-state index < -0.39 is 0 Å². The molecule has 0 spiro atoms. The lowest BCUT2D eigenvalue weighted by Crippen LogP contribution is -2.28. The van der Waals surface area contributed by atoms with Gasteiger partial charge in [-0.1, -0.05) is 35.0 Å². The second-order valence-electron chi connectivity index (χ2n) is 3.42. The van der Waals surface area contributed by atoms with E-state index in [1.54, 1.807) is 23.1 Å². The van der Waals surface area contributed by atoms with Crippen LogP contribution < -0.4 is 0 Å². The molecule has 0 bridgehead atoms. The van der Waals surface area contributed by atoms with E-state index in [9.17, 15) is 4.79 Å². The van der Waals surface area contributed by atoms with E-state index >= 15 is 0 Å². The van der Waals surface area contributed by atoms with Gasteiger partial charge in [-0.25, -0.2) is 4.99 Å². The van der Waals surface area contributed by atoms with Gasteiger partial charge in [0, 0.05) is 6.54 Å². The normalized spacial score (nSPS) is 18.2. The molecule has 1 aliphatic heterocycles. The molecule has 0 unspecified atom stereocenters. The van der Waals surface area contributed by atoms with Gasteiger partial charge in [-0.2, -0.15) is 0 Å². The van der Waals surface area contributed by atoms with Crippen molar-refractivity contribution in [2.24, 2.45) is 4.99 Å². The third-order valence-electron chi connectivity index (χ3n) is 2.30. The van der Waals surface area contributed by atoms with Crippen molar-refractivity contribution in [2.75, 3.05) is 12.3 Å². The summed E-state index contributed by atoms with van der Waals surface area (Å²) in [6, 6.07) is 5.16. The molecule has 0 atom stereocenters. The Morgan fingerprint density at radius 2 is 2.18 bits per heavy atom. The van der Waals surface area contributed by atoms with E-state index in [0.717, 1.165) is 5.17 Å². The Kier molecular flexibility index (Phi) is 3.97. The van der Waals surface area contributed by atoms with Crippen molar-refractivity contribution in [2.45, 2.75) is 6.92 Å². The van der Waals surface area contributed by atoms with Crippen LogP contribution in [0.3, 0.4) is 0 Å². The fraction of sp³-hybridized carbons (Fsp3) is 0.273. The Morgan fingerprint density at radius 3 is 2.82 bits per heavy atom. The smallest absolute Gasteiger partial charge is 0.239 e. The van der Waals surface area contributed by atoms with E-state index in [4.69, 9.17) is 23.2 Å². The number of aliphatic imine (C=N–C) groups is 1. The van der Waals surface area contributed by atoms with Crippen LogP contribution in [0.5, 0.6) is 0 Å². The molecule has 0 saturated carbocycles. The molecular formula is C11H10Cl2N2OS. The van der Waals surface area contributed by atoms with Crippen LogP contribution in [0.2, 0.25) is 10.0 Å². The molecule has 0 aliphatic carbocycles. The van der Waals surface area contributed by atoms with Gasteiger partial charge in [0.15, 0.2) is 5.17 Å². The Labute approximate surface area is 114 Å². The summed E-state index contributed by atoms with van der Waals surface area (Å²) in [4.78, 5) is 17.6. The number of thioether (sulfide) groups is 1. The lowest BCUT2D eigenvalue weighted by molar-refractivity contribution is -0.123. The lowest BCUT2D eigenvalue weighted by Gasteiger charge is -2.12. The van der Waals surface area contributed by atoms with Gasteiger partial charge in [-0.15, -0.1) is 0 Å². The second kappa shape index (κ2) is 5.29. The highest BCUT2D eigenvalue weighted by Gasteiger charge is 2.26. The number of hydrogen-bond acceptors (Lipinski definition) is 3. The number of rotatable bonds is 2. The third-order valence-corrected chi connectivity index (χ3v) is 4.00.